The fraction of sp³-hybridized carbons (Fsp3) is 0.526. The zero-order valence-electron chi connectivity index (χ0n) is 16.5. The lowest BCUT2D eigenvalue weighted by Crippen LogP contribution is -2.52. The van der Waals surface area contributed by atoms with Crippen molar-refractivity contribution in [3.05, 3.63) is 28.8 Å². The highest BCUT2D eigenvalue weighted by atomic mass is 35.5. The van der Waals surface area contributed by atoms with Gasteiger partial charge in [-0.25, -0.2) is 9.59 Å². The summed E-state index contributed by atoms with van der Waals surface area (Å²) in [5.74, 6) is -0.370. The maximum Gasteiger partial charge on any atom is 0.410 e. The monoisotopic (exact) mass is 412 g/mol. The van der Waals surface area contributed by atoms with Crippen LogP contribution in [0.5, 0.6) is 5.75 Å². The summed E-state index contributed by atoms with van der Waals surface area (Å²) in [6.45, 7) is 6.89. The van der Waals surface area contributed by atoms with E-state index in [0.29, 0.717) is 31.9 Å². The second kappa shape index (κ2) is 9.14. The van der Waals surface area contributed by atoms with E-state index in [9.17, 15) is 14.4 Å². The van der Waals surface area contributed by atoms with Gasteiger partial charge < -0.3 is 24.0 Å². The number of amides is 2. The average molecular weight is 413 g/mol. The second-order valence-corrected chi connectivity index (χ2v) is 7.68. The standard InChI is InChI=1S/C19H25ClN2O6/c1-19(2,3)28-18(25)22-9-7-21(8-10-22)16(23)12-27-13-5-6-14(15(20)11-13)17(24)26-4/h5-6,11H,7-10,12H2,1-4H3. The first-order valence-corrected chi connectivity index (χ1v) is 9.25. The normalized spacial score (nSPS) is 14.5. The number of carbonyl (C=O) groups excluding carboxylic acids is 3. The molecule has 1 heterocycles. The number of halogens is 1. The molecule has 0 aromatic heterocycles. The van der Waals surface area contributed by atoms with Crippen molar-refractivity contribution < 1.29 is 28.6 Å². The molecule has 1 saturated heterocycles. The van der Waals surface area contributed by atoms with Crippen LogP contribution in [0.2, 0.25) is 5.02 Å². The molecule has 0 aliphatic carbocycles. The molecular formula is C19H25ClN2O6. The minimum absolute atomic E-state index is 0.166. The first-order valence-electron chi connectivity index (χ1n) is 8.87. The number of carbonyl (C=O) groups is 3. The molecule has 0 N–H and O–H groups in total. The van der Waals surface area contributed by atoms with Crippen LogP contribution in [0.3, 0.4) is 0 Å². The molecule has 0 spiro atoms. The number of benzene rings is 1. The van der Waals surface area contributed by atoms with E-state index in [-0.39, 0.29) is 29.2 Å². The zero-order chi connectivity index (χ0) is 20.9. The second-order valence-electron chi connectivity index (χ2n) is 7.27. The molecule has 28 heavy (non-hydrogen) atoms. The Morgan fingerprint density at radius 2 is 1.68 bits per heavy atom. The number of hydrogen-bond donors (Lipinski definition) is 0. The molecule has 1 aliphatic rings. The van der Waals surface area contributed by atoms with E-state index >= 15 is 0 Å². The van der Waals surface area contributed by atoms with Crippen molar-refractivity contribution in [2.45, 2.75) is 26.4 Å². The fourth-order valence-electron chi connectivity index (χ4n) is 2.56. The number of rotatable bonds is 4. The number of nitrogens with zero attached hydrogens (tertiary/aromatic N) is 2. The summed E-state index contributed by atoms with van der Waals surface area (Å²) in [4.78, 5) is 39.1. The molecule has 154 valence electrons. The molecule has 0 saturated carbocycles. The van der Waals surface area contributed by atoms with Crippen molar-refractivity contribution in [1.29, 1.82) is 0 Å². The summed E-state index contributed by atoms with van der Waals surface area (Å²) in [5, 5.41) is 0.183. The van der Waals surface area contributed by atoms with Crippen LogP contribution in [0.4, 0.5) is 4.79 Å². The molecule has 0 atom stereocenters. The van der Waals surface area contributed by atoms with Crippen molar-refractivity contribution in [3.8, 4) is 5.75 Å². The Kier molecular flexibility index (Phi) is 7.12. The minimum Gasteiger partial charge on any atom is -0.484 e. The van der Waals surface area contributed by atoms with Gasteiger partial charge in [0.05, 0.1) is 17.7 Å². The molecule has 0 radical (unpaired) electrons. The number of esters is 1. The molecule has 8 nitrogen and oxygen atoms in total. The number of methoxy groups -OCH3 is 1. The Bertz CT molecular complexity index is 738. The van der Waals surface area contributed by atoms with E-state index in [0.717, 1.165) is 0 Å². The summed E-state index contributed by atoms with van der Waals surface area (Å²) in [6.07, 6.45) is -0.379. The Hall–Kier alpha value is -2.48. The lowest BCUT2D eigenvalue weighted by atomic mass is 10.2. The number of ether oxygens (including phenoxy) is 3. The van der Waals surface area contributed by atoms with Crippen LogP contribution in [0.15, 0.2) is 18.2 Å². The molecule has 1 aromatic carbocycles. The zero-order valence-corrected chi connectivity index (χ0v) is 17.2. The minimum atomic E-state index is -0.553. The van der Waals surface area contributed by atoms with Crippen molar-refractivity contribution in [1.82, 2.24) is 9.80 Å². The van der Waals surface area contributed by atoms with Crippen LogP contribution in [-0.2, 0) is 14.3 Å². The van der Waals surface area contributed by atoms with Gasteiger partial charge in [-0.15, -0.1) is 0 Å². The van der Waals surface area contributed by atoms with Gasteiger partial charge in [0.15, 0.2) is 6.61 Å². The van der Waals surface area contributed by atoms with Gasteiger partial charge in [-0.05, 0) is 39.0 Å². The van der Waals surface area contributed by atoms with Crippen LogP contribution in [0, 0.1) is 0 Å². The number of hydrogen-bond acceptors (Lipinski definition) is 6. The third kappa shape index (κ3) is 6.02. The van der Waals surface area contributed by atoms with Gasteiger partial charge in [-0.2, -0.15) is 0 Å². The van der Waals surface area contributed by atoms with Crippen molar-refractivity contribution in [3.63, 3.8) is 0 Å². The molecule has 2 amide bonds. The molecular weight excluding hydrogens is 388 g/mol. The van der Waals surface area contributed by atoms with Crippen LogP contribution < -0.4 is 4.74 Å². The molecule has 2 rings (SSSR count). The molecule has 0 unspecified atom stereocenters. The van der Waals surface area contributed by atoms with Crippen molar-refractivity contribution >= 4 is 29.6 Å². The van der Waals surface area contributed by atoms with Crippen LogP contribution >= 0.6 is 11.6 Å². The van der Waals surface area contributed by atoms with Crippen molar-refractivity contribution in [2.75, 3.05) is 39.9 Å². The average Bonchev–Trinajstić information content (AvgIpc) is 2.64. The Balaban J connectivity index is 1.82. The van der Waals surface area contributed by atoms with E-state index in [4.69, 9.17) is 21.1 Å². The molecule has 1 aromatic rings. The third-order valence-electron chi connectivity index (χ3n) is 3.99. The van der Waals surface area contributed by atoms with E-state index in [2.05, 4.69) is 4.74 Å². The fourth-order valence-corrected chi connectivity index (χ4v) is 2.81. The summed E-state index contributed by atoms with van der Waals surface area (Å²) in [7, 11) is 1.27. The summed E-state index contributed by atoms with van der Waals surface area (Å²) in [6, 6.07) is 4.49. The Morgan fingerprint density at radius 3 is 2.21 bits per heavy atom. The topological polar surface area (TPSA) is 85.4 Å². The highest BCUT2D eigenvalue weighted by molar-refractivity contribution is 6.33. The van der Waals surface area contributed by atoms with Crippen LogP contribution in [0.25, 0.3) is 0 Å². The number of piperazine rings is 1. The lowest BCUT2D eigenvalue weighted by Gasteiger charge is -2.35. The summed E-state index contributed by atoms with van der Waals surface area (Å²) >= 11 is 6.03. The highest BCUT2D eigenvalue weighted by Gasteiger charge is 2.27. The van der Waals surface area contributed by atoms with Crippen LogP contribution in [-0.4, -0.2) is 73.3 Å². The molecule has 9 heteroatoms. The molecule has 1 aliphatic heterocycles. The predicted molar refractivity (Wildman–Crippen MR) is 103 cm³/mol. The van der Waals surface area contributed by atoms with Gasteiger partial charge in [0.2, 0.25) is 0 Å². The van der Waals surface area contributed by atoms with E-state index in [1.807, 2.05) is 20.8 Å². The lowest BCUT2D eigenvalue weighted by molar-refractivity contribution is -0.135. The largest absolute Gasteiger partial charge is 0.484 e. The van der Waals surface area contributed by atoms with Gasteiger partial charge in [-0.1, -0.05) is 11.6 Å². The highest BCUT2D eigenvalue weighted by Crippen LogP contribution is 2.23. The van der Waals surface area contributed by atoms with Gasteiger partial charge in [0.25, 0.3) is 5.91 Å². The first-order chi connectivity index (χ1) is 13.1. The predicted octanol–water partition coefficient (Wildman–Crippen LogP) is 2.58. The smallest absolute Gasteiger partial charge is 0.410 e. The van der Waals surface area contributed by atoms with E-state index in [1.54, 1.807) is 15.9 Å². The summed E-state index contributed by atoms with van der Waals surface area (Å²) < 4.78 is 15.4. The van der Waals surface area contributed by atoms with Crippen LogP contribution in [0.1, 0.15) is 31.1 Å². The molecule has 1 fully saturated rings. The van der Waals surface area contributed by atoms with Gasteiger partial charge in [0.1, 0.15) is 11.4 Å². The van der Waals surface area contributed by atoms with Crippen molar-refractivity contribution in [2.24, 2.45) is 0 Å². The van der Waals surface area contributed by atoms with E-state index in [1.165, 1.54) is 19.2 Å². The molecule has 0 bridgehead atoms. The first kappa shape index (κ1) is 21.8. The van der Waals surface area contributed by atoms with Gasteiger partial charge >= 0.3 is 12.1 Å². The quantitative estimate of drug-likeness (QED) is 0.706. The van der Waals surface area contributed by atoms with E-state index < -0.39 is 11.6 Å². The van der Waals surface area contributed by atoms with Gasteiger partial charge in [-0.3, -0.25) is 4.79 Å². The summed E-state index contributed by atoms with van der Waals surface area (Å²) in [5.41, 5.74) is -0.330. The maximum atomic E-state index is 12.3. The SMILES string of the molecule is COC(=O)c1ccc(OCC(=O)N2CCN(C(=O)OC(C)(C)C)CC2)cc1Cl. The Morgan fingerprint density at radius 1 is 1.07 bits per heavy atom. The Labute approximate surface area is 169 Å². The third-order valence-corrected chi connectivity index (χ3v) is 4.30. The van der Waals surface area contributed by atoms with Gasteiger partial charge in [0, 0.05) is 26.2 Å². The maximum absolute atomic E-state index is 12.3.